The second kappa shape index (κ2) is 12.1. The van der Waals surface area contributed by atoms with Crippen LogP contribution in [0.25, 0.3) is 0 Å². The van der Waals surface area contributed by atoms with E-state index in [2.05, 4.69) is 6.92 Å². The van der Waals surface area contributed by atoms with Crippen LogP contribution in [0.1, 0.15) is 34.1 Å². The SMILES string of the molecule is CCC(C)(C)CO.CCN(C)N.Fc1ccccc1. The lowest BCUT2D eigenvalue weighted by Gasteiger charge is -2.17. The van der Waals surface area contributed by atoms with Crippen molar-refractivity contribution < 1.29 is 9.50 Å². The highest BCUT2D eigenvalue weighted by Gasteiger charge is 2.11. The molecular formula is C15H29FN2O. The van der Waals surface area contributed by atoms with Crippen LogP contribution >= 0.6 is 0 Å². The molecule has 0 aromatic heterocycles. The van der Waals surface area contributed by atoms with Crippen LogP contribution in [0.5, 0.6) is 0 Å². The molecule has 3 N–H and O–H groups in total. The van der Waals surface area contributed by atoms with Gasteiger partial charge in [0.05, 0.1) is 0 Å². The summed E-state index contributed by atoms with van der Waals surface area (Å²) in [5, 5.41) is 10.2. The third kappa shape index (κ3) is 17.0. The normalized spacial score (nSPS) is 10.2. The first-order chi connectivity index (χ1) is 8.79. The molecule has 4 heteroatoms. The fraction of sp³-hybridized carbons (Fsp3) is 0.600. The Balaban J connectivity index is 0. The molecule has 19 heavy (non-hydrogen) atoms. The van der Waals surface area contributed by atoms with Crippen LogP contribution in [0.4, 0.5) is 4.39 Å². The second-order valence-corrected chi connectivity index (χ2v) is 5.04. The predicted octanol–water partition coefficient (Wildman–Crippen LogP) is 3.05. The highest BCUT2D eigenvalue weighted by Crippen LogP contribution is 2.16. The van der Waals surface area contributed by atoms with Gasteiger partial charge in [-0.2, -0.15) is 0 Å². The Labute approximate surface area is 117 Å². The predicted molar refractivity (Wildman–Crippen MR) is 80.0 cm³/mol. The molecule has 0 heterocycles. The van der Waals surface area contributed by atoms with Crippen LogP contribution in [0.2, 0.25) is 0 Å². The second-order valence-electron chi connectivity index (χ2n) is 5.04. The molecule has 0 aliphatic rings. The summed E-state index contributed by atoms with van der Waals surface area (Å²) in [4.78, 5) is 0. The van der Waals surface area contributed by atoms with Gasteiger partial charge in [-0.1, -0.05) is 45.9 Å². The van der Waals surface area contributed by atoms with Crippen molar-refractivity contribution in [3.63, 3.8) is 0 Å². The summed E-state index contributed by atoms with van der Waals surface area (Å²) in [6.45, 7) is 9.39. The maximum atomic E-state index is 11.9. The molecule has 0 bridgehead atoms. The monoisotopic (exact) mass is 272 g/mol. The first-order valence-corrected chi connectivity index (χ1v) is 6.56. The molecule has 1 aromatic carbocycles. The van der Waals surface area contributed by atoms with Gasteiger partial charge in [0.15, 0.2) is 0 Å². The topological polar surface area (TPSA) is 49.5 Å². The molecule has 0 spiro atoms. The van der Waals surface area contributed by atoms with Crippen LogP contribution in [-0.4, -0.2) is 30.3 Å². The molecule has 112 valence electrons. The standard InChI is InChI=1S/C6H5F.C6H14O.C3H10N2/c7-6-4-2-1-3-5-6;1-4-6(2,3)5-7;1-3-5(2)4/h1-5H;7H,4-5H2,1-3H3;3-4H2,1-2H3. The number of benzene rings is 1. The number of rotatable bonds is 3. The summed E-state index contributed by atoms with van der Waals surface area (Å²) in [7, 11) is 1.83. The summed E-state index contributed by atoms with van der Waals surface area (Å²) in [6.07, 6.45) is 1.05. The molecule has 0 aliphatic heterocycles. The number of nitrogens with two attached hydrogens (primary N) is 1. The third-order valence-electron chi connectivity index (χ3n) is 2.62. The maximum absolute atomic E-state index is 11.9. The molecule has 0 aliphatic carbocycles. The lowest BCUT2D eigenvalue weighted by atomic mass is 9.92. The summed E-state index contributed by atoms with van der Waals surface area (Å²) in [6, 6.07) is 7.94. The van der Waals surface area contributed by atoms with Gasteiger partial charge in [0.1, 0.15) is 5.82 Å². The fourth-order valence-corrected chi connectivity index (χ4v) is 0.526. The number of halogens is 1. The maximum Gasteiger partial charge on any atom is 0.123 e. The summed E-state index contributed by atoms with van der Waals surface area (Å²) < 4.78 is 11.9. The number of hydrazine groups is 1. The quantitative estimate of drug-likeness (QED) is 0.657. The first kappa shape index (κ1) is 20.3. The van der Waals surface area contributed by atoms with Gasteiger partial charge in [-0.25, -0.2) is 4.39 Å². The highest BCUT2D eigenvalue weighted by atomic mass is 19.1. The average molecular weight is 272 g/mol. The van der Waals surface area contributed by atoms with Gasteiger partial charge >= 0.3 is 0 Å². The van der Waals surface area contributed by atoms with Crippen LogP contribution < -0.4 is 5.84 Å². The van der Waals surface area contributed by atoms with E-state index in [0.29, 0.717) is 6.61 Å². The Morgan fingerprint density at radius 3 is 1.74 bits per heavy atom. The molecule has 0 fully saturated rings. The van der Waals surface area contributed by atoms with Crippen molar-refractivity contribution in [3.05, 3.63) is 36.1 Å². The Morgan fingerprint density at radius 2 is 1.63 bits per heavy atom. The van der Waals surface area contributed by atoms with Crippen LogP contribution in [-0.2, 0) is 0 Å². The molecule has 0 saturated carbocycles. The minimum absolute atomic E-state index is 0.139. The van der Waals surface area contributed by atoms with Crippen molar-refractivity contribution in [2.75, 3.05) is 20.2 Å². The molecule has 0 unspecified atom stereocenters. The van der Waals surface area contributed by atoms with Crippen LogP contribution in [0.15, 0.2) is 30.3 Å². The Kier molecular flexibility index (Phi) is 12.9. The van der Waals surface area contributed by atoms with Gasteiger partial charge in [-0.05, 0) is 24.0 Å². The van der Waals surface area contributed by atoms with Gasteiger partial charge < -0.3 is 5.11 Å². The van der Waals surface area contributed by atoms with Crippen molar-refractivity contribution in [1.82, 2.24) is 5.01 Å². The Bertz CT molecular complexity index is 283. The fourth-order valence-electron chi connectivity index (χ4n) is 0.526. The average Bonchev–Trinajstić information content (AvgIpc) is 2.41. The van der Waals surface area contributed by atoms with Crippen LogP contribution in [0, 0.1) is 11.2 Å². The molecule has 3 nitrogen and oxygen atoms in total. The zero-order chi connectivity index (χ0) is 15.3. The van der Waals surface area contributed by atoms with E-state index >= 15 is 0 Å². The lowest BCUT2D eigenvalue weighted by molar-refractivity contribution is 0.155. The van der Waals surface area contributed by atoms with E-state index in [9.17, 15) is 4.39 Å². The Hall–Kier alpha value is -0.970. The van der Waals surface area contributed by atoms with Gasteiger partial charge in [0, 0.05) is 20.2 Å². The molecule has 0 amide bonds. The number of aliphatic hydroxyl groups is 1. The largest absolute Gasteiger partial charge is 0.396 e. The number of nitrogens with zero attached hydrogens (tertiary/aromatic N) is 1. The molecule has 0 saturated heterocycles. The van der Waals surface area contributed by atoms with Crippen molar-refractivity contribution in [1.29, 1.82) is 0 Å². The van der Waals surface area contributed by atoms with Gasteiger partial charge in [0.2, 0.25) is 0 Å². The number of hydrogen-bond acceptors (Lipinski definition) is 3. The van der Waals surface area contributed by atoms with E-state index in [1.807, 2.05) is 27.8 Å². The van der Waals surface area contributed by atoms with E-state index in [0.717, 1.165) is 13.0 Å². The number of aliphatic hydroxyl groups excluding tert-OH is 1. The van der Waals surface area contributed by atoms with E-state index in [4.69, 9.17) is 10.9 Å². The first-order valence-electron chi connectivity index (χ1n) is 6.56. The van der Waals surface area contributed by atoms with E-state index in [1.165, 1.54) is 12.1 Å². The zero-order valence-corrected chi connectivity index (χ0v) is 12.9. The molecule has 0 atom stereocenters. The molecular weight excluding hydrogens is 243 g/mol. The van der Waals surface area contributed by atoms with Gasteiger partial charge in [-0.15, -0.1) is 0 Å². The van der Waals surface area contributed by atoms with Gasteiger partial charge in [-0.3, -0.25) is 10.9 Å². The zero-order valence-electron chi connectivity index (χ0n) is 12.9. The van der Waals surface area contributed by atoms with Crippen molar-refractivity contribution in [2.24, 2.45) is 11.3 Å². The van der Waals surface area contributed by atoms with Crippen molar-refractivity contribution in [2.45, 2.75) is 34.1 Å². The molecule has 0 radical (unpaired) electrons. The van der Waals surface area contributed by atoms with E-state index < -0.39 is 0 Å². The summed E-state index contributed by atoms with van der Waals surface area (Å²) in [5.74, 6) is 4.95. The van der Waals surface area contributed by atoms with E-state index in [-0.39, 0.29) is 11.2 Å². The van der Waals surface area contributed by atoms with Crippen molar-refractivity contribution >= 4 is 0 Å². The molecule has 1 aromatic rings. The van der Waals surface area contributed by atoms with E-state index in [1.54, 1.807) is 23.2 Å². The summed E-state index contributed by atoms with van der Waals surface area (Å²) in [5.41, 5.74) is 0.139. The minimum atomic E-state index is -0.178. The Morgan fingerprint density at radius 1 is 1.21 bits per heavy atom. The van der Waals surface area contributed by atoms with Gasteiger partial charge in [0.25, 0.3) is 0 Å². The lowest BCUT2D eigenvalue weighted by Crippen LogP contribution is -2.24. The smallest absolute Gasteiger partial charge is 0.123 e. The third-order valence-corrected chi connectivity index (χ3v) is 2.62. The van der Waals surface area contributed by atoms with Crippen molar-refractivity contribution in [3.8, 4) is 0 Å². The minimum Gasteiger partial charge on any atom is -0.396 e. The highest BCUT2D eigenvalue weighted by molar-refractivity contribution is 5.02. The molecule has 1 rings (SSSR count). The summed E-state index contributed by atoms with van der Waals surface area (Å²) >= 11 is 0. The van der Waals surface area contributed by atoms with Crippen LogP contribution in [0.3, 0.4) is 0 Å². The number of hydrogen-bond donors (Lipinski definition) is 2.